The van der Waals surface area contributed by atoms with E-state index in [1.807, 2.05) is 30.5 Å². The molecule has 1 aromatic carbocycles. The first-order valence-corrected chi connectivity index (χ1v) is 10.3. The molecule has 1 fully saturated rings. The van der Waals surface area contributed by atoms with Crippen LogP contribution in [0.3, 0.4) is 0 Å². The quantitative estimate of drug-likeness (QED) is 0.509. The van der Waals surface area contributed by atoms with Gasteiger partial charge in [-0.3, -0.25) is 9.59 Å². The van der Waals surface area contributed by atoms with Gasteiger partial charge in [0.05, 0.1) is 5.01 Å². The van der Waals surface area contributed by atoms with E-state index in [1.54, 1.807) is 5.38 Å². The van der Waals surface area contributed by atoms with Gasteiger partial charge >= 0.3 is 0 Å². The molecule has 7 nitrogen and oxygen atoms in total. The molecule has 4 rings (SSSR count). The van der Waals surface area contributed by atoms with Crippen molar-refractivity contribution in [3.8, 4) is 0 Å². The standard InChI is InChI=1S/C20H23N5O2S/c21-18(26)16(9-13-10-23-15-4-2-1-3-14(13)15)24-19(27)17-11-28-20(25-17)12-5-7-22-8-6-12/h1-4,10-12,16,22-23H,5-9H2,(H2,21,26)(H,24,27). The van der Waals surface area contributed by atoms with E-state index >= 15 is 0 Å². The normalized spacial score (nSPS) is 16.1. The number of nitrogens with zero attached hydrogens (tertiary/aromatic N) is 1. The largest absolute Gasteiger partial charge is 0.368 e. The van der Waals surface area contributed by atoms with Crippen LogP contribution in [0.4, 0.5) is 0 Å². The van der Waals surface area contributed by atoms with Gasteiger partial charge in [0, 0.05) is 34.8 Å². The summed E-state index contributed by atoms with van der Waals surface area (Å²) in [7, 11) is 0. The van der Waals surface area contributed by atoms with Gasteiger partial charge in [0.1, 0.15) is 11.7 Å². The van der Waals surface area contributed by atoms with E-state index < -0.39 is 11.9 Å². The third-order valence-corrected chi connectivity index (χ3v) is 6.20. The smallest absolute Gasteiger partial charge is 0.271 e. The van der Waals surface area contributed by atoms with Crippen LogP contribution < -0.4 is 16.4 Å². The monoisotopic (exact) mass is 397 g/mol. The Kier molecular flexibility index (Phi) is 5.40. The predicted molar refractivity (Wildman–Crippen MR) is 109 cm³/mol. The Morgan fingerprint density at radius 2 is 2.07 bits per heavy atom. The Balaban J connectivity index is 1.46. The van der Waals surface area contributed by atoms with E-state index in [-0.39, 0.29) is 5.91 Å². The van der Waals surface area contributed by atoms with Crippen LogP contribution in [0.5, 0.6) is 0 Å². The number of rotatable bonds is 6. The maximum absolute atomic E-state index is 12.7. The van der Waals surface area contributed by atoms with Crippen LogP contribution in [-0.4, -0.2) is 40.9 Å². The highest BCUT2D eigenvalue weighted by molar-refractivity contribution is 7.09. The van der Waals surface area contributed by atoms with Crippen molar-refractivity contribution < 1.29 is 9.59 Å². The molecule has 3 aromatic rings. The molecule has 1 aliphatic heterocycles. The number of piperidine rings is 1. The van der Waals surface area contributed by atoms with Gasteiger partial charge in [-0.1, -0.05) is 18.2 Å². The van der Waals surface area contributed by atoms with Crippen LogP contribution >= 0.6 is 11.3 Å². The third kappa shape index (κ3) is 3.93. The van der Waals surface area contributed by atoms with E-state index in [1.165, 1.54) is 11.3 Å². The average molecular weight is 398 g/mol. The molecule has 5 N–H and O–H groups in total. The zero-order valence-corrected chi connectivity index (χ0v) is 16.2. The molecule has 146 valence electrons. The average Bonchev–Trinajstić information content (AvgIpc) is 3.36. The number of H-pyrrole nitrogens is 1. The second-order valence-corrected chi connectivity index (χ2v) is 7.98. The maximum atomic E-state index is 12.7. The second kappa shape index (κ2) is 8.12. The first-order chi connectivity index (χ1) is 13.6. The predicted octanol–water partition coefficient (Wildman–Crippen LogP) is 1.92. The molecule has 0 bridgehead atoms. The summed E-state index contributed by atoms with van der Waals surface area (Å²) in [4.78, 5) is 32.3. The van der Waals surface area contributed by atoms with Crippen molar-refractivity contribution >= 4 is 34.1 Å². The zero-order valence-electron chi connectivity index (χ0n) is 15.4. The number of nitrogens with two attached hydrogens (primary N) is 1. The van der Waals surface area contributed by atoms with Crippen molar-refractivity contribution in [3.63, 3.8) is 0 Å². The molecular weight excluding hydrogens is 374 g/mol. The topological polar surface area (TPSA) is 113 Å². The lowest BCUT2D eigenvalue weighted by molar-refractivity contribution is -0.119. The summed E-state index contributed by atoms with van der Waals surface area (Å²) in [5.41, 5.74) is 7.83. The maximum Gasteiger partial charge on any atom is 0.271 e. The van der Waals surface area contributed by atoms with E-state index in [2.05, 4.69) is 20.6 Å². The first kappa shape index (κ1) is 18.6. The Morgan fingerprint density at radius 3 is 2.86 bits per heavy atom. The minimum atomic E-state index is -0.796. The summed E-state index contributed by atoms with van der Waals surface area (Å²) in [6, 6.07) is 7.03. The Bertz CT molecular complexity index is 989. The van der Waals surface area contributed by atoms with E-state index in [4.69, 9.17) is 5.73 Å². The summed E-state index contributed by atoms with van der Waals surface area (Å²) < 4.78 is 0. The Morgan fingerprint density at radius 1 is 1.29 bits per heavy atom. The number of benzene rings is 1. The number of aromatic amines is 1. The lowest BCUT2D eigenvalue weighted by atomic mass is 9.99. The number of hydrogen-bond donors (Lipinski definition) is 4. The number of primary amides is 1. The molecular formula is C20H23N5O2S. The van der Waals surface area contributed by atoms with E-state index in [0.717, 1.165) is 47.4 Å². The van der Waals surface area contributed by atoms with Crippen LogP contribution in [0.2, 0.25) is 0 Å². The molecule has 1 unspecified atom stereocenters. The molecule has 0 saturated carbocycles. The molecule has 28 heavy (non-hydrogen) atoms. The van der Waals surface area contributed by atoms with Gasteiger partial charge in [-0.15, -0.1) is 11.3 Å². The Labute approximate surface area is 166 Å². The van der Waals surface area contributed by atoms with Gasteiger partial charge in [0.2, 0.25) is 5.91 Å². The number of amides is 2. The second-order valence-electron chi connectivity index (χ2n) is 7.09. The first-order valence-electron chi connectivity index (χ1n) is 9.43. The summed E-state index contributed by atoms with van der Waals surface area (Å²) in [6.45, 7) is 1.94. The molecule has 1 atom stereocenters. The fraction of sp³-hybridized carbons (Fsp3) is 0.350. The van der Waals surface area contributed by atoms with Crippen molar-refractivity contribution in [2.24, 2.45) is 5.73 Å². The van der Waals surface area contributed by atoms with Crippen LogP contribution in [0.15, 0.2) is 35.8 Å². The molecule has 8 heteroatoms. The van der Waals surface area contributed by atoms with Crippen molar-refractivity contribution in [1.29, 1.82) is 0 Å². The third-order valence-electron chi connectivity index (χ3n) is 5.19. The highest BCUT2D eigenvalue weighted by atomic mass is 32.1. The molecule has 1 saturated heterocycles. The SMILES string of the molecule is NC(=O)C(Cc1c[nH]c2ccccc12)NC(=O)c1csc(C2CCNCC2)n1. The molecule has 2 aromatic heterocycles. The highest BCUT2D eigenvalue weighted by Gasteiger charge is 2.24. The van der Waals surface area contributed by atoms with Crippen molar-refractivity contribution in [3.05, 3.63) is 52.1 Å². The fourth-order valence-electron chi connectivity index (χ4n) is 3.62. The lowest BCUT2D eigenvalue weighted by Crippen LogP contribution is -2.46. The molecule has 0 spiro atoms. The minimum absolute atomic E-state index is 0.330. The zero-order chi connectivity index (χ0) is 19.5. The van der Waals surface area contributed by atoms with Crippen LogP contribution in [0.1, 0.15) is 39.8 Å². The van der Waals surface area contributed by atoms with Gasteiger partial charge in [-0.2, -0.15) is 0 Å². The van der Waals surface area contributed by atoms with Crippen LogP contribution in [0, 0.1) is 0 Å². The molecule has 0 radical (unpaired) electrons. The van der Waals surface area contributed by atoms with Crippen molar-refractivity contribution in [2.45, 2.75) is 31.2 Å². The lowest BCUT2D eigenvalue weighted by Gasteiger charge is -2.20. The number of fused-ring (bicyclic) bond motifs is 1. The molecule has 1 aliphatic rings. The van der Waals surface area contributed by atoms with Gasteiger partial charge in [0.25, 0.3) is 5.91 Å². The van der Waals surface area contributed by atoms with E-state index in [9.17, 15) is 9.59 Å². The fourth-order valence-corrected chi connectivity index (χ4v) is 4.59. The van der Waals surface area contributed by atoms with Crippen molar-refractivity contribution in [2.75, 3.05) is 13.1 Å². The highest BCUT2D eigenvalue weighted by Crippen LogP contribution is 2.28. The number of nitrogens with one attached hydrogen (secondary N) is 3. The number of aromatic nitrogens is 2. The molecule has 3 heterocycles. The van der Waals surface area contributed by atoms with Gasteiger partial charge in [0.15, 0.2) is 0 Å². The Hall–Kier alpha value is -2.71. The van der Waals surface area contributed by atoms with Gasteiger partial charge in [-0.25, -0.2) is 4.98 Å². The summed E-state index contributed by atoms with van der Waals surface area (Å²) in [6.07, 6.45) is 4.24. The number of para-hydroxylation sites is 1. The summed E-state index contributed by atoms with van der Waals surface area (Å²) >= 11 is 1.51. The number of carbonyl (C=O) groups excluding carboxylic acids is 2. The van der Waals surface area contributed by atoms with Crippen LogP contribution in [0.25, 0.3) is 10.9 Å². The summed E-state index contributed by atoms with van der Waals surface area (Å²) in [5.74, 6) is -0.529. The van der Waals surface area contributed by atoms with Crippen molar-refractivity contribution in [1.82, 2.24) is 20.6 Å². The van der Waals surface area contributed by atoms with E-state index in [0.29, 0.717) is 18.0 Å². The van der Waals surface area contributed by atoms with Gasteiger partial charge in [-0.05, 0) is 37.6 Å². The molecule has 2 amide bonds. The number of thiazole rings is 1. The molecule has 0 aliphatic carbocycles. The van der Waals surface area contributed by atoms with Crippen LogP contribution in [-0.2, 0) is 11.2 Å². The number of carbonyl (C=O) groups is 2. The minimum Gasteiger partial charge on any atom is -0.368 e. The summed E-state index contributed by atoms with van der Waals surface area (Å²) in [5, 5.41) is 9.85. The number of hydrogen-bond acceptors (Lipinski definition) is 5. The van der Waals surface area contributed by atoms with Gasteiger partial charge < -0.3 is 21.4 Å².